The summed E-state index contributed by atoms with van der Waals surface area (Å²) in [7, 11) is 0. The number of piperazine rings is 1. The van der Waals surface area contributed by atoms with E-state index in [4.69, 9.17) is 4.98 Å². The van der Waals surface area contributed by atoms with Crippen LogP contribution >= 0.6 is 27.3 Å². The van der Waals surface area contributed by atoms with Crippen LogP contribution in [0.1, 0.15) is 15.2 Å². The summed E-state index contributed by atoms with van der Waals surface area (Å²) in [4.78, 5) is 24.2. The quantitative estimate of drug-likeness (QED) is 0.368. The van der Waals surface area contributed by atoms with Crippen molar-refractivity contribution in [3.05, 3.63) is 87.0 Å². The van der Waals surface area contributed by atoms with Gasteiger partial charge in [0, 0.05) is 53.0 Å². The first-order valence-corrected chi connectivity index (χ1v) is 12.0. The molecule has 0 spiro atoms. The van der Waals surface area contributed by atoms with Crippen LogP contribution in [0.2, 0.25) is 0 Å². The Balaban J connectivity index is 1.43. The zero-order valence-electron chi connectivity index (χ0n) is 17.0. The van der Waals surface area contributed by atoms with Crippen molar-refractivity contribution in [2.24, 2.45) is 0 Å². The van der Waals surface area contributed by atoms with E-state index in [9.17, 15) is 4.79 Å². The van der Waals surface area contributed by atoms with Crippen LogP contribution in [-0.2, 0) is 6.54 Å². The van der Waals surface area contributed by atoms with Crippen LogP contribution < -0.4 is 0 Å². The first-order chi connectivity index (χ1) is 15.2. The zero-order chi connectivity index (χ0) is 21.2. The lowest BCUT2D eigenvalue weighted by molar-refractivity contribution is 0.0631. The Bertz CT molecular complexity index is 1200. The van der Waals surface area contributed by atoms with E-state index in [0.29, 0.717) is 0 Å². The molecule has 0 N–H and O–H groups in total. The molecule has 3 heterocycles. The lowest BCUT2D eigenvalue weighted by atomic mass is 10.0. The van der Waals surface area contributed by atoms with E-state index in [2.05, 4.69) is 38.3 Å². The van der Waals surface area contributed by atoms with E-state index >= 15 is 0 Å². The van der Waals surface area contributed by atoms with Gasteiger partial charge in [-0.2, -0.15) is 0 Å². The van der Waals surface area contributed by atoms with Crippen LogP contribution in [0.15, 0.2) is 76.6 Å². The van der Waals surface area contributed by atoms with E-state index < -0.39 is 0 Å². The van der Waals surface area contributed by atoms with Crippen molar-refractivity contribution in [2.75, 3.05) is 26.2 Å². The number of pyridine rings is 1. The first-order valence-electron chi connectivity index (χ1n) is 10.4. The van der Waals surface area contributed by atoms with Crippen molar-refractivity contribution in [3.8, 4) is 11.3 Å². The largest absolute Gasteiger partial charge is 0.336 e. The Labute approximate surface area is 194 Å². The number of fused-ring (bicyclic) bond motifs is 1. The summed E-state index contributed by atoms with van der Waals surface area (Å²) in [5.41, 5.74) is 3.40. The van der Waals surface area contributed by atoms with Gasteiger partial charge in [-0.3, -0.25) is 9.69 Å². The van der Waals surface area contributed by atoms with Gasteiger partial charge in [0.15, 0.2) is 0 Å². The molecule has 2 aromatic carbocycles. The molecule has 1 saturated heterocycles. The number of amides is 1. The van der Waals surface area contributed by atoms with Gasteiger partial charge in [0.05, 0.1) is 16.8 Å². The second-order valence-electron chi connectivity index (χ2n) is 7.73. The second kappa shape index (κ2) is 8.91. The maximum atomic E-state index is 13.6. The smallest absolute Gasteiger partial charge is 0.254 e. The third-order valence-corrected chi connectivity index (χ3v) is 7.04. The highest BCUT2D eigenvalue weighted by molar-refractivity contribution is 9.10. The molecular weight excluding hydrogens is 470 g/mol. The van der Waals surface area contributed by atoms with Gasteiger partial charge in [-0.25, -0.2) is 4.98 Å². The third-order valence-electron chi connectivity index (χ3n) is 5.69. The molecule has 0 unspecified atom stereocenters. The summed E-state index contributed by atoms with van der Waals surface area (Å²) in [6, 6.07) is 22.2. The number of thiophene rings is 1. The SMILES string of the molecule is O=C(c1cc(-c2ccccc2)nc2ccc(Br)cc12)N1CCN(Cc2cccs2)CC1. The van der Waals surface area contributed by atoms with Crippen molar-refractivity contribution in [3.63, 3.8) is 0 Å². The van der Waals surface area contributed by atoms with E-state index in [1.165, 1.54) is 4.88 Å². The minimum absolute atomic E-state index is 0.0819. The highest BCUT2D eigenvalue weighted by Gasteiger charge is 2.24. The summed E-state index contributed by atoms with van der Waals surface area (Å²) >= 11 is 5.34. The highest BCUT2D eigenvalue weighted by Crippen LogP contribution is 2.28. The van der Waals surface area contributed by atoms with Crippen LogP contribution in [-0.4, -0.2) is 46.9 Å². The fourth-order valence-corrected chi connectivity index (χ4v) is 5.14. The molecule has 0 aliphatic carbocycles. The monoisotopic (exact) mass is 491 g/mol. The zero-order valence-corrected chi connectivity index (χ0v) is 19.4. The van der Waals surface area contributed by atoms with Gasteiger partial charge in [-0.1, -0.05) is 52.3 Å². The van der Waals surface area contributed by atoms with Crippen LogP contribution in [0, 0.1) is 0 Å². The predicted molar refractivity (Wildman–Crippen MR) is 130 cm³/mol. The summed E-state index contributed by atoms with van der Waals surface area (Å²) < 4.78 is 0.948. The standard InChI is InChI=1S/C25H22BrN3OS/c26-19-8-9-23-21(15-19)22(16-24(27-23)18-5-2-1-3-6-18)25(30)29-12-10-28(11-13-29)17-20-7-4-14-31-20/h1-9,14-16H,10-13,17H2. The lowest BCUT2D eigenvalue weighted by Gasteiger charge is -2.34. The van der Waals surface area contributed by atoms with Gasteiger partial charge >= 0.3 is 0 Å². The summed E-state index contributed by atoms with van der Waals surface area (Å²) in [5, 5.41) is 3.01. The molecule has 0 radical (unpaired) electrons. The molecule has 31 heavy (non-hydrogen) atoms. The summed E-state index contributed by atoms with van der Waals surface area (Å²) in [6.45, 7) is 4.22. The number of halogens is 1. The summed E-state index contributed by atoms with van der Waals surface area (Å²) in [6.07, 6.45) is 0. The van der Waals surface area contributed by atoms with E-state index in [1.54, 1.807) is 11.3 Å². The molecule has 1 amide bonds. The van der Waals surface area contributed by atoms with Gasteiger partial charge in [-0.15, -0.1) is 11.3 Å². The Hall–Kier alpha value is -2.54. The molecule has 0 atom stereocenters. The highest BCUT2D eigenvalue weighted by atomic mass is 79.9. The average molecular weight is 492 g/mol. The van der Waals surface area contributed by atoms with E-state index in [-0.39, 0.29) is 5.91 Å². The number of carbonyl (C=O) groups excluding carboxylic acids is 1. The molecule has 4 aromatic rings. The number of carbonyl (C=O) groups is 1. The molecule has 1 fully saturated rings. The average Bonchev–Trinajstić information content (AvgIpc) is 3.32. The van der Waals surface area contributed by atoms with E-state index in [0.717, 1.165) is 64.9 Å². The fourth-order valence-electron chi connectivity index (χ4n) is 4.03. The number of hydrogen-bond donors (Lipinski definition) is 0. The predicted octanol–water partition coefficient (Wildman–Crippen LogP) is 5.68. The fraction of sp³-hybridized carbons (Fsp3) is 0.200. The maximum Gasteiger partial charge on any atom is 0.254 e. The van der Waals surface area contributed by atoms with Crippen molar-refractivity contribution in [1.29, 1.82) is 0 Å². The Morgan fingerprint density at radius 3 is 2.52 bits per heavy atom. The minimum Gasteiger partial charge on any atom is -0.336 e. The Kier molecular flexibility index (Phi) is 5.85. The molecule has 1 aliphatic heterocycles. The lowest BCUT2D eigenvalue weighted by Crippen LogP contribution is -2.48. The number of nitrogens with zero attached hydrogens (tertiary/aromatic N) is 3. The van der Waals surface area contributed by atoms with Crippen molar-refractivity contribution in [1.82, 2.24) is 14.8 Å². The van der Waals surface area contributed by atoms with E-state index in [1.807, 2.05) is 59.5 Å². The molecule has 4 nitrogen and oxygen atoms in total. The third kappa shape index (κ3) is 4.42. The van der Waals surface area contributed by atoms with Gasteiger partial charge in [0.25, 0.3) is 5.91 Å². The number of benzene rings is 2. The van der Waals surface area contributed by atoms with Crippen molar-refractivity contribution < 1.29 is 4.79 Å². The molecule has 0 saturated carbocycles. The molecule has 6 heteroatoms. The maximum absolute atomic E-state index is 13.6. The summed E-state index contributed by atoms with van der Waals surface area (Å²) in [5.74, 6) is 0.0819. The number of hydrogen-bond acceptors (Lipinski definition) is 4. The molecule has 0 bridgehead atoms. The van der Waals surface area contributed by atoms with Crippen LogP contribution in [0.4, 0.5) is 0 Å². The topological polar surface area (TPSA) is 36.4 Å². The first kappa shape index (κ1) is 20.4. The minimum atomic E-state index is 0.0819. The molecule has 5 rings (SSSR count). The molecular formula is C25H22BrN3OS. The van der Waals surface area contributed by atoms with Crippen LogP contribution in [0.25, 0.3) is 22.2 Å². The molecule has 156 valence electrons. The van der Waals surface area contributed by atoms with Crippen LogP contribution in [0.5, 0.6) is 0 Å². The number of rotatable bonds is 4. The molecule has 2 aromatic heterocycles. The number of aromatic nitrogens is 1. The van der Waals surface area contributed by atoms with Crippen LogP contribution in [0.3, 0.4) is 0 Å². The van der Waals surface area contributed by atoms with Gasteiger partial charge in [0.2, 0.25) is 0 Å². The second-order valence-corrected chi connectivity index (χ2v) is 9.68. The van der Waals surface area contributed by atoms with Crippen molar-refractivity contribution in [2.45, 2.75) is 6.54 Å². The Morgan fingerprint density at radius 1 is 0.968 bits per heavy atom. The van der Waals surface area contributed by atoms with Gasteiger partial charge in [0.1, 0.15) is 0 Å². The Morgan fingerprint density at radius 2 is 1.77 bits per heavy atom. The molecule has 1 aliphatic rings. The normalized spacial score (nSPS) is 14.8. The van der Waals surface area contributed by atoms with Gasteiger partial charge in [-0.05, 0) is 35.7 Å². The van der Waals surface area contributed by atoms with Gasteiger partial charge < -0.3 is 4.90 Å². The van der Waals surface area contributed by atoms with Crippen molar-refractivity contribution >= 4 is 44.1 Å².